The van der Waals surface area contributed by atoms with Crippen molar-refractivity contribution >= 4 is 11.7 Å². The van der Waals surface area contributed by atoms with Crippen LogP contribution < -0.4 is 4.90 Å². The summed E-state index contributed by atoms with van der Waals surface area (Å²) >= 11 is 0. The molecule has 2 unspecified atom stereocenters. The maximum absolute atomic E-state index is 12.7. The summed E-state index contributed by atoms with van der Waals surface area (Å²) < 4.78 is 38.0. The van der Waals surface area contributed by atoms with Crippen LogP contribution in [0.1, 0.15) is 24.5 Å². The first kappa shape index (κ1) is 15.2. The Kier molecular flexibility index (Phi) is 3.81. The van der Waals surface area contributed by atoms with Crippen molar-refractivity contribution in [2.45, 2.75) is 25.6 Å². The highest BCUT2D eigenvalue weighted by molar-refractivity contribution is 5.80. The van der Waals surface area contributed by atoms with Gasteiger partial charge in [0.25, 0.3) is 0 Å². The zero-order valence-electron chi connectivity index (χ0n) is 11.2. The van der Waals surface area contributed by atoms with Crippen molar-refractivity contribution in [2.24, 2.45) is 5.92 Å². The van der Waals surface area contributed by atoms with Crippen LogP contribution in [0.5, 0.6) is 0 Å². The molecule has 1 aliphatic heterocycles. The predicted octanol–water partition coefficient (Wildman–Crippen LogP) is 2.88. The normalized spacial score (nSPS) is 22.1. The van der Waals surface area contributed by atoms with E-state index < -0.39 is 23.8 Å². The number of halogens is 3. The SMILES string of the molecule is CC1CCN(c2ccc(C(F)(F)F)cc2C#N)C1C(=O)O. The molecule has 2 atom stereocenters. The third kappa shape index (κ3) is 2.79. The van der Waals surface area contributed by atoms with Crippen LogP contribution in [-0.4, -0.2) is 23.7 Å². The Morgan fingerprint density at radius 1 is 1.48 bits per heavy atom. The van der Waals surface area contributed by atoms with Gasteiger partial charge in [-0.15, -0.1) is 0 Å². The first-order valence-electron chi connectivity index (χ1n) is 6.36. The topological polar surface area (TPSA) is 64.3 Å². The molecule has 0 bridgehead atoms. The molecule has 4 nitrogen and oxygen atoms in total. The minimum absolute atomic E-state index is 0.128. The van der Waals surface area contributed by atoms with Crippen molar-refractivity contribution in [3.05, 3.63) is 29.3 Å². The first-order chi connectivity index (χ1) is 9.75. The van der Waals surface area contributed by atoms with Crippen LogP contribution in [-0.2, 0) is 11.0 Å². The summed E-state index contributed by atoms with van der Waals surface area (Å²) in [7, 11) is 0. The third-order valence-electron chi connectivity index (χ3n) is 3.71. The van der Waals surface area contributed by atoms with Gasteiger partial charge in [-0.1, -0.05) is 6.92 Å². The summed E-state index contributed by atoms with van der Waals surface area (Å²) in [6, 6.07) is 3.71. The molecular weight excluding hydrogens is 285 g/mol. The fourth-order valence-corrected chi connectivity index (χ4v) is 2.65. The second kappa shape index (κ2) is 5.28. The Hall–Kier alpha value is -2.23. The molecule has 1 aromatic rings. The number of carboxylic acid groups (broad SMARTS) is 1. The van der Waals surface area contributed by atoms with Crippen molar-refractivity contribution < 1.29 is 23.1 Å². The van der Waals surface area contributed by atoms with Crippen LogP contribution >= 0.6 is 0 Å². The van der Waals surface area contributed by atoms with Gasteiger partial charge < -0.3 is 10.0 Å². The fourth-order valence-electron chi connectivity index (χ4n) is 2.65. The zero-order valence-corrected chi connectivity index (χ0v) is 11.2. The first-order valence-corrected chi connectivity index (χ1v) is 6.36. The van der Waals surface area contributed by atoms with Gasteiger partial charge in [-0.3, -0.25) is 0 Å². The number of rotatable bonds is 2. The largest absolute Gasteiger partial charge is 0.480 e. The Labute approximate surface area is 119 Å². The summed E-state index contributed by atoms with van der Waals surface area (Å²) in [5, 5.41) is 18.3. The van der Waals surface area contributed by atoms with Crippen LogP contribution in [0.25, 0.3) is 0 Å². The van der Waals surface area contributed by atoms with E-state index in [0.717, 1.165) is 12.1 Å². The number of nitrogens with zero attached hydrogens (tertiary/aromatic N) is 2. The van der Waals surface area contributed by atoms with Gasteiger partial charge in [0.2, 0.25) is 0 Å². The molecule has 21 heavy (non-hydrogen) atoms. The number of nitriles is 1. The fraction of sp³-hybridized carbons (Fsp3) is 0.429. The number of anilines is 1. The van der Waals surface area contributed by atoms with E-state index in [-0.39, 0.29) is 17.2 Å². The maximum Gasteiger partial charge on any atom is 0.416 e. The average molecular weight is 298 g/mol. The van der Waals surface area contributed by atoms with E-state index in [0.29, 0.717) is 13.0 Å². The molecule has 1 heterocycles. The van der Waals surface area contributed by atoms with E-state index >= 15 is 0 Å². The highest BCUT2D eigenvalue weighted by Gasteiger charge is 2.38. The van der Waals surface area contributed by atoms with Gasteiger partial charge in [-0.05, 0) is 30.5 Å². The van der Waals surface area contributed by atoms with Crippen molar-refractivity contribution in [1.82, 2.24) is 0 Å². The van der Waals surface area contributed by atoms with Crippen LogP contribution in [0.4, 0.5) is 18.9 Å². The molecule has 1 saturated heterocycles. The van der Waals surface area contributed by atoms with Gasteiger partial charge in [-0.25, -0.2) is 4.79 Å². The van der Waals surface area contributed by atoms with E-state index in [2.05, 4.69) is 0 Å². The molecule has 112 valence electrons. The van der Waals surface area contributed by atoms with Crippen molar-refractivity contribution in [3.8, 4) is 6.07 Å². The molecule has 7 heteroatoms. The Balaban J connectivity index is 2.45. The molecule has 0 amide bonds. The van der Waals surface area contributed by atoms with Crippen molar-refractivity contribution in [3.63, 3.8) is 0 Å². The van der Waals surface area contributed by atoms with Crippen LogP contribution in [0.15, 0.2) is 18.2 Å². The number of alkyl halides is 3. The smallest absolute Gasteiger partial charge is 0.416 e. The monoisotopic (exact) mass is 298 g/mol. The molecule has 1 aromatic carbocycles. The number of aliphatic carboxylic acids is 1. The number of benzene rings is 1. The summed E-state index contributed by atoms with van der Waals surface area (Å²) in [5.41, 5.74) is -0.839. The lowest BCUT2D eigenvalue weighted by Gasteiger charge is -2.26. The number of carboxylic acids is 1. The highest BCUT2D eigenvalue weighted by atomic mass is 19.4. The molecular formula is C14H13F3N2O2. The quantitative estimate of drug-likeness (QED) is 0.912. The molecule has 1 N–H and O–H groups in total. The molecule has 1 aliphatic rings. The zero-order chi connectivity index (χ0) is 15.8. The molecule has 0 aromatic heterocycles. The van der Waals surface area contributed by atoms with Gasteiger partial charge in [-0.2, -0.15) is 18.4 Å². The minimum Gasteiger partial charge on any atom is -0.480 e. The van der Waals surface area contributed by atoms with Gasteiger partial charge in [0.1, 0.15) is 12.1 Å². The molecule has 1 fully saturated rings. The second-order valence-electron chi connectivity index (χ2n) is 5.08. The number of carbonyl (C=O) groups is 1. The molecule has 2 rings (SSSR count). The third-order valence-corrected chi connectivity index (χ3v) is 3.71. The van der Waals surface area contributed by atoms with Crippen LogP contribution in [0, 0.1) is 17.2 Å². The summed E-state index contributed by atoms with van der Waals surface area (Å²) in [6.45, 7) is 2.17. The number of hydrogen-bond donors (Lipinski definition) is 1. The minimum atomic E-state index is -4.53. The Morgan fingerprint density at radius 3 is 2.67 bits per heavy atom. The van der Waals surface area contributed by atoms with Crippen LogP contribution in [0.2, 0.25) is 0 Å². The second-order valence-corrected chi connectivity index (χ2v) is 5.08. The van der Waals surface area contributed by atoms with E-state index in [1.54, 1.807) is 13.0 Å². The van der Waals surface area contributed by atoms with E-state index in [4.69, 9.17) is 5.26 Å². The van der Waals surface area contributed by atoms with Crippen LogP contribution in [0.3, 0.4) is 0 Å². The maximum atomic E-state index is 12.7. The Morgan fingerprint density at radius 2 is 2.14 bits per heavy atom. The van der Waals surface area contributed by atoms with Gasteiger partial charge in [0.05, 0.1) is 16.8 Å². The molecule has 0 radical (unpaired) electrons. The standard InChI is InChI=1S/C14H13F3N2O2/c1-8-4-5-19(12(8)13(20)21)11-3-2-10(14(15,16)17)6-9(11)7-18/h2-3,6,8,12H,4-5H2,1H3,(H,20,21). The predicted molar refractivity (Wildman–Crippen MR) is 68.7 cm³/mol. The Bertz CT molecular complexity index is 607. The lowest BCUT2D eigenvalue weighted by Crippen LogP contribution is -2.39. The molecule has 0 spiro atoms. The highest BCUT2D eigenvalue weighted by Crippen LogP contribution is 2.36. The van der Waals surface area contributed by atoms with Crippen molar-refractivity contribution in [1.29, 1.82) is 5.26 Å². The lowest BCUT2D eigenvalue weighted by atomic mass is 10.0. The van der Waals surface area contributed by atoms with Gasteiger partial charge >= 0.3 is 12.1 Å². The summed E-state index contributed by atoms with van der Waals surface area (Å²) in [6.07, 6.45) is -3.92. The van der Waals surface area contributed by atoms with E-state index in [1.165, 1.54) is 11.0 Å². The lowest BCUT2D eigenvalue weighted by molar-refractivity contribution is -0.139. The summed E-state index contributed by atoms with van der Waals surface area (Å²) in [5.74, 6) is -1.17. The van der Waals surface area contributed by atoms with E-state index in [9.17, 15) is 23.1 Å². The van der Waals surface area contributed by atoms with E-state index in [1.807, 2.05) is 0 Å². The average Bonchev–Trinajstić information content (AvgIpc) is 2.78. The number of hydrogen-bond acceptors (Lipinski definition) is 3. The van der Waals surface area contributed by atoms with Gasteiger partial charge in [0.15, 0.2) is 0 Å². The summed E-state index contributed by atoms with van der Waals surface area (Å²) in [4.78, 5) is 12.8. The molecule has 0 aliphatic carbocycles. The van der Waals surface area contributed by atoms with Gasteiger partial charge in [0, 0.05) is 6.54 Å². The van der Waals surface area contributed by atoms with Crippen molar-refractivity contribution in [2.75, 3.05) is 11.4 Å². The molecule has 0 saturated carbocycles.